The molecule has 1 aliphatic heterocycles. The highest BCUT2D eigenvalue weighted by atomic mass is 19.4. The molecule has 0 aromatic heterocycles. The normalized spacial score (nSPS) is 20.3. The third-order valence-electron chi connectivity index (χ3n) is 3.72. The van der Waals surface area contributed by atoms with Crippen LogP contribution in [0.3, 0.4) is 0 Å². The Bertz CT molecular complexity index is 462. The van der Waals surface area contributed by atoms with Gasteiger partial charge >= 0.3 is 6.18 Å². The number of rotatable bonds is 4. The summed E-state index contributed by atoms with van der Waals surface area (Å²) >= 11 is 0. The minimum Gasteiger partial charge on any atom is -0.494 e. The standard InChI is InChI=1S/C14H19F3N2O/c1-19-7-2-3-10(19)6-8-20-11-4-5-13(18)12(9-11)14(15,16)17/h4-5,9-10H,2-3,6-8,18H2,1H3. The maximum atomic E-state index is 12.7. The van der Waals surface area contributed by atoms with Crippen molar-refractivity contribution in [3.63, 3.8) is 0 Å². The van der Waals surface area contributed by atoms with Crippen LogP contribution < -0.4 is 10.5 Å². The summed E-state index contributed by atoms with van der Waals surface area (Å²) in [6.07, 6.45) is -1.34. The van der Waals surface area contributed by atoms with Crippen LogP contribution in [0.5, 0.6) is 5.75 Å². The Hall–Kier alpha value is -1.43. The van der Waals surface area contributed by atoms with Crippen molar-refractivity contribution in [3.8, 4) is 5.75 Å². The number of hydrogen-bond acceptors (Lipinski definition) is 3. The van der Waals surface area contributed by atoms with Crippen LogP contribution in [0.2, 0.25) is 0 Å². The fraction of sp³-hybridized carbons (Fsp3) is 0.571. The fourth-order valence-electron chi connectivity index (χ4n) is 2.53. The molecule has 0 bridgehead atoms. The molecule has 0 spiro atoms. The summed E-state index contributed by atoms with van der Waals surface area (Å²) in [6, 6.07) is 4.14. The van der Waals surface area contributed by atoms with E-state index < -0.39 is 11.7 Å². The van der Waals surface area contributed by atoms with E-state index >= 15 is 0 Å². The predicted molar refractivity (Wildman–Crippen MR) is 71.6 cm³/mol. The zero-order chi connectivity index (χ0) is 14.8. The number of alkyl halides is 3. The quantitative estimate of drug-likeness (QED) is 0.865. The lowest BCUT2D eigenvalue weighted by Crippen LogP contribution is -2.26. The van der Waals surface area contributed by atoms with Crippen molar-refractivity contribution in [2.75, 3.05) is 25.9 Å². The molecule has 0 aliphatic carbocycles. The van der Waals surface area contributed by atoms with E-state index in [1.54, 1.807) is 0 Å². The highest BCUT2D eigenvalue weighted by Gasteiger charge is 2.33. The van der Waals surface area contributed by atoms with Gasteiger partial charge in [-0.25, -0.2) is 0 Å². The molecule has 1 saturated heterocycles. The maximum Gasteiger partial charge on any atom is 0.418 e. The molecule has 0 saturated carbocycles. The van der Waals surface area contributed by atoms with E-state index in [1.165, 1.54) is 18.6 Å². The van der Waals surface area contributed by atoms with E-state index in [-0.39, 0.29) is 11.4 Å². The molecule has 1 atom stereocenters. The van der Waals surface area contributed by atoms with Gasteiger partial charge in [-0.3, -0.25) is 0 Å². The molecule has 1 aliphatic rings. The van der Waals surface area contributed by atoms with Gasteiger partial charge in [0, 0.05) is 11.7 Å². The van der Waals surface area contributed by atoms with Crippen molar-refractivity contribution in [1.82, 2.24) is 4.90 Å². The third-order valence-corrected chi connectivity index (χ3v) is 3.72. The third kappa shape index (κ3) is 3.56. The summed E-state index contributed by atoms with van der Waals surface area (Å²) < 4.78 is 43.5. The van der Waals surface area contributed by atoms with Gasteiger partial charge in [-0.05, 0) is 51.1 Å². The molecule has 2 rings (SSSR count). The number of likely N-dealkylation sites (tertiary alicyclic amines) is 1. The monoisotopic (exact) mass is 288 g/mol. The Labute approximate surface area is 116 Å². The molecule has 0 amide bonds. The van der Waals surface area contributed by atoms with Gasteiger partial charge in [-0.1, -0.05) is 0 Å². The van der Waals surface area contributed by atoms with Crippen LogP contribution in [-0.2, 0) is 6.18 Å². The van der Waals surface area contributed by atoms with Crippen LogP contribution in [0.1, 0.15) is 24.8 Å². The number of halogens is 3. The lowest BCUT2D eigenvalue weighted by molar-refractivity contribution is -0.137. The van der Waals surface area contributed by atoms with Crippen molar-refractivity contribution in [1.29, 1.82) is 0 Å². The molecule has 112 valence electrons. The Kier molecular flexibility index (Phi) is 4.42. The number of nitrogens with two attached hydrogens (primary N) is 1. The van der Waals surface area contributed by atoms with Crippen LogP contribution in [-0.4, -0.2) is 31.1 Å². The molecule has 3 nitrogen and oxygen atoms in total. The lowest BCUT2D eigenvalue weighted by Gasteiger charge is -2.19. The van der Waals surface area contributed by atoms with Gasteiger partial charge in [0.15, 0.2) is 0 Å². The molecular weight excluding hydrogens is 269 g/mol. The summed E-state index contributed by atoms with van der Waals surface area (Å²) in [4.78, 5) is 2.26. The van der Waals surface area contributed by atoms with Crippen LogP contribution in [0.4, 0.5) is 18.9 Å². The fourth-order valence-corrected chi connectivity index (χ4v) is 2.53. The Morgan fingerprint density at radius 1 is 1.40 bits per heavy atom. The minimum atomic E-state index is -4.45. The smallest absolute Gasteiger partial charge is 0.418 e. The first-order chi connectivity index (χ1) is 9.38. The van der Waals surface area contributed by atoms with Crippen molar-refractivity contribution in [2.45, 2.75) is 31.5 Å². The van der Waals surface area contributed by atoms with Gasteiger partial charge in [0.1, 0.15) is 5.75 Å². The van der Waals surface area contributed by atoms with Crippen LogP contribution in [0.25, 0.3) is 0 Å². The molecule has 1 heterocycles. The Morgan fingerprint density at radius 3 is 2.75 bits per heavy atom. The summed E-state index contributed by atoms with van der Waals surface area (Å²) in [6.45, 7) is 1.49. The highest BCUT2D eigenvalue weighted by Crippen LogP contribution is 2.35. The second-order valence-electron chi connectivity index (χ2n) is 5.16. The van der Waals surface area contributed by atoms with Crippen molar-refractivity contribution >= 4 is 5.69 Å². The average molecular weight is 288 g/mol. The number of ether oxygens (including phenoxy) is 1. The van der Waals surface area contributed by atoms with E-state index in [4.69, 9.17) is 10.5 Å². The molecule has 20 heavy (non-hydrogen) atoms. The van der Waals surface area contributed by atoms with E-state index in [0.29, 0.717) is 12.6 Å². The number of benzene rings is 1. The van der Waals surface area contributed by atoms with Gasteiger partial charge in [0.2, 0.25) is 0 Å². The molecule has 0 radical (unpaired) electrons. The number of nitrogen functional groups attached to an aromatic ring is 1. The largest absolute Gasteiger partial charge is 0.494 e. The molecule has 1 unspecified atom stereocenters. The minimum absolute atomic E-state index is 0.215. The lowest BCUT2D eigenvalue weighted by atomic mass is 10.1. The summed E-state index contributed by atoms with van der Waals surface area (Å²) in [7, 11) is 2.06. The van der Waals surface area contributed by atoms with Gasteiger partial charge in [0.25, 0.3) is 0 Å². The predicted octanol–water partition coefficient (Wildman–Crippen LogP) is 3.15. The topological polar surface area (TPSA) is 38.5 Å². The van der Waals surface area contributed by atoms with Crippen LogP contribution in [0, 0.1) is 0 Å². The van der Waals surface area contributed by atoms with Crippen molar-refractivity contribution < 1.29 is 17.9 Å². The Morgan fingerprint density at radius 2 is 2.15 bits per heavy atom. The first-order valence-electron chi connectivity index (χ1n) is 6.67. The van der Waals surface area contributed by atoms with Crippen molar-refractivity contribution in [2.24, 2.45) is 0 Å². The van der Waals surface area contributed by atoms with Gasteiger partial charge in [0.05, 0.1) is 12.2 Å². The van der Waals surface area contributed by atoms with E-state index in [2.05, 4.69) is 11.9 Å². The van der Waals surface area contributed by atoms with Crippen LogP contribution in [0.15, 0.2) is 18.2 Å². The van der Waals surface area contributed by atoms with E-state index in [0.717, 1.165) is 25.5 Å². The maximum absolute atomic E-state index is 12.7. The van der Waals surface area contributed by atoms with E-state index in [1.807, 2.05) is 0 Å². The second-order valence-corrected chi connectivity index (χ2v) is 5.16. The van der Waals surface area contributed by atoms with Gasteiger partial charge in [-0.15, -0.1) is 0 Å². The van der Waals surface area contributed by atoms with Gasteiger partial charge < -0.3 is 15.4 Å². The van der Waals surface area contributed by atoms with Crippen molar-refractivity contribution in [3.05, 3.63) is 23.8 Å². The zero-order valence-corrected chi connectivity index (χ0v) is 11.4. The summed E-state index contributed by atoms with van der Waals surface area (Å²) in [5, 5.41) is 0. The number of nitrogens with zero attached hydrogens (tertiary/aromatic N) is 1. The number of hydrogen-bond donors (Lipinski definition) is 1. The summed E-state index contributed by atoms with van der Waals surface area (Å²) in [5.41, 5.74) is 4.22. The second kappa shape index (κ2) is 5.91. The molecule has 2 N–H and O–H groups in total. The summed E-state index contributed by atoms with van der Waals surface area (Å²) in [5.74, 6) is 0.215. The molecular formula is C14H19F3N2O. The SMILES string of the molecule is CN1CCCC1CCOc1ccc(N)c(C(F)(F)F)c1. The van der Waals surface area contributed by atoms with Crippen LogP contribution >= 0.6 is 0 Å². The van der Waals surface area contributed by atoms with Gasteiger partial charge in [-0.2, -0.15) is 13.2 Å². The zero-order valence-electron chi connectivity index (χ0n) is 11.4. The number of anilines is 1. The molecule has 6 heteroatoms. The highest BCUT2D eigenvalue weighted by molar-refractivity contribution is 5.51. The average Bonchev–Trinajstić information content (AvgIpc) is 2.76. The molecule has 1 fully saturated rings. The first kappa shape index (κ1) is 15.0. The van der Waals surface area contributed by atoms with E-state index in [9.17, 15) is 13.2 Å². The molecule has 1 aromatic rings. The molecule has 1 aromatic carbocycles. The first-order valence-corrected chi connectivity index (χ1v) is 6.67. The Balaban J connectivity index is 1.93.